The summed E-state index contributed by atoms with van der Waals surface area (Å²) in [5, 5.41) is 14.2. The second kappa shape index (κ2) is 7.33. The van der Waals surface area contributed by atoms with Crippen LogP contribution in [-0.2, 0) is 11.2 Å². The number of nitrogens with one attached hydrogen (secondary N) is 2. The minimum Gasteiger partial charge on any atom is -0.479 e. The van der Waals surface area contributed by atoms with Crippen LogP contribution in [0.1, 0.15) is 5.56 Å². The molecule has 8 heteroatoms. The molecule has 4 heterocycles. The molecule has 150 valence electrons. The Morgan fingerprint density at radius 1 is 1.34 bits per heavy atom. The van der Waals surface area contributed by atoms with Crippen molar-refractivity contribution in [2.75, 3.05) is 26.2 Å². The van der Waals surface area contributed by atoms with Crippen LogP contribution in [0.25, 0.3) is 22.2 Å². The van der Waals surface area contributed by atoms with Crippen LogP contribution in [0, 0.1) is 0 Å². The van der Waals surface area contributed by atoms with Gasteiger partial charge >= 0.3 is 0 Å². The van der Waals surface area contributed by atoms with E-state index in [1.54, 1.807) is 11.1 Å². The standard InChI is InChI=1S/C21H21ClN4O3/c22-13-7-12-8-18(21(28)26-6-5-23-14(10-26)11-27)29-19(12)17(9-13)15-1-3-24-20-16(15)2-4-25-20/h1-4,7,9,14,18,23,27H,5-6,8,10-11H2,(H,24,25)/t14-,18+/m1/s1. The molecule has 2 aromatic heterocycles. The van der Waals surface area contributed by atoms with Crippen molar-refractivity contribution >= 4 is 28.5 Å². The van der Waals surface area contributed by atoms with Gasteiger partial charge in [-0.2, -0.15) is 0 Å². The van der Waals surface area contributed by atoms with E-state index in [-0.39, 0.29) is 18.6 Å². The fraction of sp³-hybridized carbons (Fsp3) is 0.333. The van der Waals surface area contributed by atoms with E-state index < -0.39 is 6.10 Å². The van der Waals surface area contributed by atoms with Gasteiger partial charge in [-0.25, -0.2) is 4.98 Å². The summed E-state index contributed by atoms with van der Waals surface area (Å²) in [7, 11) is 0. The molecule has 2 aliphatic heterocycles. The number of hydrogen-bond donors (Lipinski definition) is 3. The van der Waals surface area contributed by atoms with E-state index >= 15 is 0 Å². The molecule has 1 saturated heterocycles. The second-order valence-electron chi connectivity index (χ2n) is 7.47. The molecule has 29 heavy (non-hydrogen) atoms. The second-order valence-corrected chi connectivity index (χ2v) is 7.90. The number of aromatic amines is 1. The Morgan fingerprint density at radius 3 is 3.10 bits per heavy atom. The molecular formula is C21H21ClN4O3. The smallest absolute Gasteiger partial charge is 0.264 e. The zero-order valence-corrected chi connectivity index (χ0v) is 16.4. The maximum Gasteiger partial charge on any atom is 0.264 e. The monoisotopic (exact) mass is 412 g/mol. The van der Waals surface area contributed by atoms with Gasteiger partial charge in [-0.15, -0.1) is 0 Å². The number of amides is 1. The molecule has 7 nitrogen and oxygen atoms in total. The minimum atomic E-state index is -0.580. The van der Waals surface area contributed by atoms with E-state index in [4.69, 9.17) is 16.3 Å². The van der Waals surface area contributed by atoms with E-state index in [9.17, 15) is 9.90 Å². The van der Waals surface area contributed by atoms with E-state index in [1.807, 2.05) is 30.5 Å². The van der Waals surface area contributed by atoms with Crippen molar-refractivity contribution < 1.29 is 14.6 Å². The van der Waals surface area contributed by atoms with Gasteiger partial charge in [-0.05, 0) is 29.8 Å². The predicted octanol–water partition coefficient (Wildman–Crippen LogP) is 1.98. The molecular weight excluding hydrogens is 392 g/mol. The lowest BCUT2D eigenvalue weighted by Gasteiger charge is -2.34. The first kappa shape index (κ1) is 18.4. The maximum atomic E-state index is 13.1. The largest absolute Gasteiger partial charge is 0.479 e. The number of aromatic nitrogens is 2. The van der Waals surface area contributed by atoms with E-state index in [0.717, 1.165) is 27.7 Å². The predicted molar refractivity (Wildman–Crippen MR) is 110 cm³/mol. The number of hydrogen-bond acceptors (Lipinski definition) is 5. The summed E-state index contributed by atoms with van der Waals surface area (Å²) in [5.41, 5.74) is 3.55. The fourth-order valence-corrected chi connectivity index (χ4v) is 4.45. The molecule has 2 atom stereocenters. The molecule has 1 amide bonds. The molecule has 0 aliphatic carbocycles. The summed E-state index contributed by atoms with van der Waals surface area (Å²) >= 11 is 6.41. The van der Waals surface area contributed by atoms with Gasteiger partial charge in [0.2, 0.25) is 0 Å². The van der Waals surface area contributed by atoms with Crippen LogP contribution < -0.4 is 10.1 Å². The Kier molecular flexibility index (Phi) is 4.66. The fourth-order valence-electron chi connectivity index (χ4n) is 4.21. The third-order valence-corrected chi connectivity index (χ3v) is 5.83. The summed E-state index contributed by atoms with van der Waals surface area (Å²) in [6, 6.07) is 7.56. The highest BCUT2D eigenvalue weighted by atomic mass is 35.5. The number of carbonyl (C=O) groups is 1. The van der Waals surface area contributed by atoms with Crippen LogP contribution >= 0.6 is 11.6 Å². The van der Waals surface area contributed by atoms with Crippen molar-refractivity contribution in [3.8, 4) is 16.9 Å². The molecule has 3 N–H and O–H groups in total. The molecule has 2 aliphatic rings. The first-order valence-electron chi connectivity index (χ1n) is 9.68. The average molecular weight is 413 g/mol. The Labute approximate surface area is 172 Å². The Bertz CT molecular complexity index is 1080. The summed E-state index contributed by atoms with van der Waals surface area (Å²) in [5.74, 6) is 0.653. The highest BCUT2D eigenvalue weighted by Crippen LogP contribution is 2.43. The highest BCUT2D eigenvalue weighted by Gasteiger charge is 2.36. The van der Waals surface area contributed by atoms with Crippen molar-refractivity contribution in [1.82, 2.24) is 20.2 Å². The van der Waals surface area contributed by atoms with Gasteiger partial charge in [0.1, 0.15) is 11.4 Å². The molecule has 3 aromatic rings. The number of pyridine rings is 1. The van der Waals surface area contributed by atoms with Gasteiger partial charge in [0.15, 0.2) is 6.10 Å². The topological polar surface area (TPSA) is 90.5 Å². The molecule has 0 unspecified atom stereocenters. The van der Waals surface area contributed by atoms with Gasteiger partial charge in [0.05, 0.1) is 6.61 Å². The zero-order chi connectivity index (χ0) is 20.0. The number of piperazine rings is 1. The number of fused-ring (bicyclic) bond motifs is 2. The highest BCUT2D eigenvalue weighted by molar-refractivity contribution is 6.31. The number of nitrogens with zero attached hydrogens (tertiary/aromatic N) is 2. The van der Waals surface area contributed by atoms with Crippen molar-refractivity contribution in [3.63, 3.8) is 0 Å². The Hall–Kier alpha value is -2.61. The van der Waals surface area contributed by atoms with E-state index in [2.05, 4.69) is 15.3 Å². The Morgan fingerprint density at radius 2 is 2.24 bits per heavy atom. The molecule has 1 fully saturated rings. The third-order valence-electron chi connectivity index (χ3n) is 5.61. The van der Waals surface area contributed by atoms with Crippen LogP contribution in [0.4, 0.5) is 0 Å². The molecule has 0 saturated carbocycles. The molecule has 0 radical (unpaired) electrons. The van der Waals surface area contributed by atoms with Gasteiger partial charge < -0.3 is 25.0 Å². The SMILES string of the molecule is O=C([C@@H]1Cc2cc(Cl)cc(-c3ccnc4[nH]ccc34)c2O1)N1CCN[C@@H](CO)C1. The first-order valence-corrected chi connectivity index (χ1v) is 10.1. The number of rotatable bonds is 3. The lowest BCUT2D eigenvalue weighted by molar-refractivity contribution is -0.139. The number of H-pyrrole nitrogens is 1. The van der Waals surface area contributed by atoms with Crippen molar-refractivity contribution in [2.24, 2.45) is 0 Å². The number of halogens is 1. The van der Waals surface area contributed by atoms with Gasteiger partial charge in [0.25, 0.3) is 5.91 Å². The van der Waals surface area contributed by atoms with Gasteiger partial charge in [-0.3, -0.25) is 4.79 Å². The van der Waals surface area contributed by atoms with Gasteiger partial charge in [-0.1, -0.05) is 11.6 Å². The number of benzene rings is 1. The van der Waals surface area contributed by atoms with E-state index in [0.29, 0.717) is 36.8 Å². The van der Waals surface area contributed by atoms with Crippen LogP contribution in [0.15, 0.2) is 36.7 Å². The summed E-state index contributed by atoms with van der Waals surface area (Å²) in [6.07, 6.45) is 3.50. The number of aliphatic hydroxyl groups excluding tert-OH is 1. The average Bonchev–Trinajstić information content (AvgIpc) is 3.39. The first-order chi connectivity index (χ1) is 14.1. The van der Waals surface area contributed by atoms with Crippen LogP contribution in [0.2, 0.25) is 5.02 Å². The van der Waals surface area contributed by atoms with Crippen molar-refractivity contribution in [2.45, 2.75) is 18.6 Å². The van der Waals surface area contributed by atoms with Gasteiger partial charge in [0, 0.05) is 66.0 Å². The van der Waals surface area contributed by atoms with Crippen molar-refractivity contribution in [1.29, 1.82) is 0 Å². The normalized spacial score (nSPS) is 21.2. The summed E-state index contributed by atoms with van der Waals surface area (Å²) in [6.45, 7) is 1.75. The number of aliphatic hydroxyl groups is 1. The number of ether oxygens (including phenoxy) is 1. The van der Waals surface area contributed by atoms with E-state index in [1.165, 1.54) is 0 Å². The quantitative estimate of drug-likeness (QED) is 0.612. The van der Waals surface area contributed by atoms with Crippen LogP contribution in [-0.4, -0.2) is 64.3 Å². The summed E-state index contributed by atoms with van der Waals surface area (Å²) < 4.78 is 6.19. The molecule has 5 rings (SSSR count). The minimum absolute atomic E-state index is 0.00396. The van der Waals surface area contributed by atoms with Crippen LogP contribution in [0.3, 0.4) is 0 Å². The molecule has 0 spiro atoms. The third kappa shape index (κ3) is 3.25. The Balaban J connectivity index is 1.47. The lowest BCUT2D eigenvalue weighted by atomic mass is 9.99. The molecule has 1 aromatic carbocycles. The number of carbonyl (C=O) groups excluding carboxylic acids is 1. The molecule has 0 bridgehead atoms. The maximum absolute atomic E-state index is 13.1. The summed E-state index contributed by atoms with van der Waals surface area (Å²) in [4.78, 5) is 22.3. The zero-order valence-electron chi connectivity index (χ0n) is 15.7. The van der Waals surface area contributed by atoms with Crippen molar-refractivity contribution in [3.05, 3.63) is 47.2 Å². The van der Waals surface area contributed by atoms with Crippen LogP contribution in [0.5, 0.6) is 5.75 Å². The lowest BCUT2D eigenvalue weighted by Crippen LogP contribution is -2.56.